The summed E-state index contributed by atoms with van der Waals surface area (Å²) in [6.07, 6.45) is -3.23. The molecule has 1 N–H and O–H groups in total. The highest BCUT2D eigenvalue weighted by Gasteiger charge is 2.37. The van der Waals surface area contributed by atoms with Crippen molar-refractivity contribution in [1.82, 2.24) is 15.0 Å². The standard InChI is InChI=1S/C15H11F3N4OS/c16-15(17,18)14-20-11-3-1-2-4-12(11)22(14)8-13(23)21-19-7-10-5-6-24-9-10/h1-7,9H,8H2,(H,21,23)/b19-7-. The summed E-state index contributed by atoms with van der Waals surface area (Å²) in [7, 11) is 0. The number of hydrogen-bond donors (Lipinski definition) is 1. The molecule has 0 radical (unpaired) electrons. The third-order valence-electron chi connectivity index (χ3n) is 3.16. The average molecular weight is 352 g/mol. The summed E-state index contributed by atoms with van der Waals surface area (Å²) in [5.74, 6) is -1.78. The maximum Gasteiger partial charge on any atom is 0.449 e. The van der Waals surface area contributed by atoms with Crippen LogP contribution in [0.3, 0.4) is 0 Å². The van der Waals surface area contributed by atoms with E-state index in [-0.39, 0.29) is 11.0 Å². The number of nitrogens with zero attached hydrogens (tertiary/aromatic N) is 3. The van der Waals surface area contributed by atoms with Crippen molar-refractivity contribution in [1.29, 1.82) is 0 Å². The maximum absolute atomic E-state index is 13.1. The number of alkyl halides is 3. The van der Waals surface area contributed by atoms with Crippen molar-refractivity contribution in [3.63, 3.8) is 0 Å². The molecule has 124 valence electrons. The van der Waals surface area contributed by atoms with Gasteiger partial charge in [-0.05, 0) is 29.0 Å². The van der Waals surface area contributed by atoms with Gasteiger partial charge < -0.3 is 4.57 Å². The van der Waals surface area contributed by atoms with Gasteiger partial charge in [0.05, 0.1) is 17.2 Å². The van der Waals surface area contributed by atoms with Gasteiger partial charge in [0.1, 0.15) is 6.54 Å². The molecule has 3 aromatic rings. The SMILES string of the molecule is O=C(Cn1c(C(F)(F)F)nc2ccccc21)N/N=C\c1ccsc1. The molecule has 2 heterocycles. The Bertz CT molecular complexity index is 884. The summed E-state index contributed by atoms with van der Waals surface area (Å²) in [4.78, 5) is 15.5. The van der Waals surface area contributed by atoms with Gasteiger partial charge in [-0.3, -0.25) is 4.79 Å². The number of rotatable bonds is 4. The molecule has 0 unspecified atom stereocenters. The first-order valence-corrected chi connectivity index (χ1v) is 7.76. The lowest BCUT2D eigenvalue weighted by molar-refractivity contribution is -0.147. The van der Waals surface area contributed by atoms with Gasteiger partial charge in [0.2, 0.25) is 5.82 Å². The van der Waals surface area contributed by atoms with Crippen molar-refractivity contribution in [2.75, 3.05) is 0 Å². The van der Waals surface area contributed by atoms with Gasteiger partial charge in [-0.25, -0.2) is 10.4 Å². The molecule has 0 fully saturated rings. The smallest absolute Gasteiger partial charge is 0.311 e. The zero-order valence-electron chi connectivity index (χ0n) is 12.1. The molecule has 0 aliphatic rings. The van der Waals surface area contributed by atoms with E-state index in [1.165, 1.54) is 29.7 Å². The van der Waals surface area contributed by atoms with E-state index in [1.54, 1.807) is 18.2 Å². The second-order valence-electron chi connectivity index (χ2n) is 4.86. The van der Waals surface area contributed by atoms with Gasteiger partial charge in [0.25, 0.3) is 5.91 Å². The maximum atomic E-state index is 13.1. The van der Waals surface area contributed by atoms with Crippen molar-refractivity contribution < 1.29 is 18.0 Å². The number of thiophene rings is 1. The number of carbonyl (C=O) groups excluding carboxylic acids is 1. The van der Waals surface area contributed by atoms with E-state index in [1.807, 2.05) is 10.8 Å². The lowest BCUT2D eigenvalue weighted by Crippen LogP contribution is -2.26. The van der Waals surface area contributed by atoms with E-state index < -0.39 is 24.5 Å². The topological polar surface area (TPSA) is 59.3 Å². The highest BCUT2D eigenvalue weighted by molar-refractivity contribution is 7.08. The number of imidazole rings is 1. The third kappa shape index (κ3) is 3.46. The van der Waals surface area contributed by atoms with Crippen LogP contribution in [0.15, 0.2) is 46.2 Å². The molecule has 0 aliphatic heterocycles. The largest absolute Gasteiger partial charge is 0.449 e. The highest BCUT2D eigenvalue weighted by Crippen LogP contribution is 2.31. The number of benzene rings is 1. The van der Waals surface area contributed by atoms with Crippen LogP contribution < -0.4 is 5.43 Å². The molecule has 2 aromatic heterocycles. The van der Waals surface area contributed by atoms with Crippen LogP contribution >= 0.6 is 11.3 Å². The van der Waals surface area contributed by atoms with E-state index in [0.29, 0.717) is 0 Å². The fourth-order valence-corrected chi connectivity index (χ4v) is 2.77. The summed E-state index contributed by atoms with van der Waals surface area (Å²) in [5.41, 5.74) is 3.44. The van der Waals surface area contributed by atoms with Crippen LogP contribution in [-0.4, -0.2) is 21.7 Å². The normalized spacial score (nSPS) is 12.1. The summed E-state index contributed by atoms with van der Waals surface area (Å²) in [6, 6.07) is 7.93. The van der Waals surface area contributed by atoms with E-state index in [0.717, 1.165) is 10.1 Å². The van der Waals surface area contributed by atoms with E-state index >= 15 is 0 Å². The Morgan fingerprint density at radius 1 is 1.33 bits per heavy atom. The van der Waals surface area contributed by atoms with Crippen LogP contribution in [0.25, 0.3) is 11.0 Å². The fraction of sp³-hybridized carbons (Fsp3) is 0.133. The van der Waals surface area contributed by atoms with Crippen molar-refractivity contribution >= 4 is 34.5 Å². The molecule has 0 saturated carbocycles. The number of hydrazone groups is 1. The van der Waals surface area contributed by atoms with Gasteiger partial charge >= 0.3 is 6.18 Å². The van der Waals surface area contributed by atoms with Gasteiger partial charge in [0, 0.05) is 5.56 Å². The predicted octanol–water partition coefficient (Wildman–Crippen LogP) is 3.27. The molecule has 1 amide bonds. The Balaban J connectivity index is 1.82. The predicted molar refractivity (Wildman–Crippen MR) is 84.8 cm³/mol. The van der Waals surface area contributed by atoms with Crippen molar-refractivity contribution in [3.05, 3.63) is 52.5 Å². The number of halogens is 3. The monoisotopic (exact) mass is 352 g/mol. The number of carbonyl (C=O) groups is 1. The molecule has 5 nitrogen and oxygen atoms in total. The Hall–Kier alpha value is -2.68. The van der Waals surface area contributed by atoms with E-state index in [2.05, 4.69) is 15.5 Å². The molecule has 0 saturated heterocycles. The zero-order chi connectivity index (χ0) is 17.2. The van der Waals surface area contributed by atoms with Crippen LogP contribution in [-0.2, 0) is 17.5 Å². The molecule has 3 rings (SSSR count). The minimum absolute atomic E-state index is 0.180. The van der Waals surface area contributed by atoms with Gasteiger partial charge in [0.15, 0.2) is 0 Å². The number of aromatic nitrogens is 2. The number of amides is 1. The van der Waals surface area contributed by atoms with Crippen molar-refractivity contribution in [2.45, 2.75) is 12.7 Å². The van der Waals surface area contributed by atoms with E-state index in [4.69, 9.17) is 0 Å². The Morgan fingerprint density at radius 2 is 2.12 bits per heavy atom. The molecule has 0 spiro atoms. The Labute approximate surface area is 138 Å². The minimum atomic E-state index is -4.65. The van der Waals surface area contributed by atoms with Crippen LogP contribution in [0.5, 0.6) is 0 Å². The highest BCUT2D eigenvalue weighted by atomic mass is 32.1. The van der Waals surface area contributed by atoms with Gasteiger partial charge in [-0.15, -0.1) is 0 Å². The molecular weight excluding hydrogens is 341 g/mol. The molecule has 0 bridgehead atoms. The lowest BCUT2D eigenvalue weighted by Gasteiger charge is -2.10. The summed E-state index contributed by atoms with van der Waals surface area (Å²) in [5, 5.41) is 7.40. The molecular formula is C15H11F3N4OS. The molecule has 24 heavy (non-hydrogen) atoms. The fourth-order valence-electron chi connectivity index (χ4n) is 2.16. The number of hydrogen-bond acceptors (Lipinski definition) is 4. The molecule has 0 aliphatic carbocycles. The summed E-state index contributed by atoms with van der Waals surface area (Å²) < 4.78 is 40.2. The Morgan fingerprint density at radius 3 is 2.83 bits per heavy atom. The van der Waals surface area contributed by atoms with Gasteiger partial charge in [-0.1, -0.05) is 12.1 Å². The van der Waals surface area contributed by atoms with Crippen LogP contribution in [0.2, 0.25) is 0 Å². The summed E-state index contributed by atoms with van der Waals surface area (Å²) in [6.45, 7) is -0.531. The minimum Gasteiger partial charge on any atom is -0.311 e. The van der Waals surface area contributed by atoms with Crippen LogP contribution in [0.1, 0.15) is 11.4 Å². The number of fused-ring (bicyclic) bond motifs is 1. The van der Waals surface area contributed by atoms with Gasteiger partial charge in [-0.2, -0.15) is 29.6 Å². The Kier molecular flexibility index (Phi) is 4.34. The second kappa shape index (κ2) is 6.44. The molecule has 0 atom stereocenters. The first kappa shape index (κ1) is 16.2. The van der Waals surface area contributed by atoms with Crippen molar-refractivity contribution in [3.8, 4) is 0 Å². The number of para-hydroxylation sites is 2. The van der Waals surface area contributed by atoms with Crippen LogP contribution in [0, 0.1) is 0 Å². The average Bonchev–Trinajstić information content (AvgIpc) is 3.15. The summed E-state index contributed by atoms with van der Waals surface area (Å²) >= 11 is 1.47. The first-order chi connectivity index (χ1) is 11.4. The molecule has 9 heteroatoms. The van der Waals surface area contributed by atoms with Crippen molar-refractivity contribution in [2.24, 2.45) is 5.10 Å². The number of nitrogens with one attached hydrogen (secondary N) is 1. The third-order valence-corrected chi connectivity index (χ3v) is 3.86. The molecule has 1 aromatic carbocycles. The van der Waals surface area contributed by atoms with E-state index in [9.17, 15) is 18.0 Å². The quantitative estimate of drug-likeness (QED) is 0.579. The lowest BCUT2D eigenvalue weighted by atomic mass is 10.3. The zero-order valence-corrected chi connectivity index (χ0v) is 12.9. The van der Waals surface area contributed by atoms with Crippen LogP contribution in [0.4, 0.5) is 13.2 Å². The second-order valence-corrected chi connectivity index (χ2v) is 5.64. The first-order valence-electron chi connectivity index (χ1n) is 6.82.